The molecular weight excluding hydrogens is 176 g/mol. The standard InChI is InChI=1S/C10H24N4/c1-9(12)8-13-3-5-14(6-4-13)10(2)7-11/h9-10H,3-8,11-12H2,1-2H3. The first-order valence-corrected chi connectivity index (χ1v) is 5.55. The maximum Gasteiger partial charge on any atom is 0.0191 e. The quantitative estimate of drug-likeness (QED) is 0.630. The van der Waals surface area contributed by atoms with Gasteiger partial charge in [0.1, 0.15) is 0 Å². The lowest BCUT2D eigenvalue weighted by Gasteiger charge is -2.38. The van der Waals surface area contributed by atoms with Crippen molar-refractivity contribution in [2.24, 2.45) is 11.5 Å². The third-order valence-corrected chi connectivity index (χ3v) is 2.92. The summed E-state index contributed by atoms with van der Waals surface area (Å²) in [6.07, 6.45) is 0. The van der Waals surface area contributed by atoms with Crippen LogP contribution in [-0.4, -0.2) is 61.2 Å². The molecule has 1 aliphatic heterocycles. The van der Waals surface area contributed by atoms with Gasteiger partial charge in [0.05, 0.1) is 0 Å². The molecule has 0 radical (unpaired) electrons. The fourth-order valence-electron chi connectivity index (χ4n) is 1.94. The molecule has 0 aromatic rings. The number of nitrogens with two attached hydrogens (primary N) is 2. The summed E-state index contributed by atoms with van der Waals surface area (Å²) in [6, 6.07) is 0.806. The van der Waals surface area contributed by atoms with E-state index in [0.29, 0.717) is 6.04 Å². The highest BCUT2D eigenvalue weighted by Crippen LogP contribution is 2.05. The fourth-order valence-corrected chi connectivity index (χ4v) is 1.94. The van der Waals surface area contributed by atoms with Crippen LogP contribution in [0.5, 0.6) is 0 Å². The number of hydrogen-bond donors (Lipinski definition) is 2. The van der Waals surface area contributed by atoms with E-state index >= 15 is 0 Å². The molecule has 4 heteroatoms. The van der Waals surface area contributed by atoms with E-state index in [1.165, 1.54) is 0 Å². The number of hydrogen-bond acceptors (Lipinski definition) is 4. The van der Waals surface area contributed by atoms with Crippen LogP contribution in [0, 0.1) is 0 Å². The lowest BCUT2D eigenvalue weighted by atomic mass is 10.2. The van der Waals surface area contributed by atoms with Gasteiger partial charge < -0.3 is 11.5 Å². The van der Waals surface area contributed by atoms with Gasteiger partial charge in [0.2, 0.25) is 0 Å². The van der Waals surface area contributed by atoms with Crippen LogP contribution in [0.2, 0.25) is 0 Å². The van der Waals surface area contributed by atoms with E-state index in [1.54, 1.807) is 0 Å². The van der Waals surface area contributed by atoms with Crippen molar-refractivity contribution in [3.05, 3.63) is 0 Å². The van der Waals surface area contributed by atoms with Crippen molar-refractivity contribution < 1.29 is 0 Å². The second-order valence-electron chi connectivity index (χ2n) is 4.40. The van der Waals surface area contributed by atoms with Crippen LogP contribution >= 0.6 is 0 Å². The molecule has 1 saturated heterocycles. The second-order valence-corrected chi connectivity index (χ2v) is 4.40. The van der Waals surface area contributed by atoms with E-state index in [2.05, 4.69) is 23.6 Å². The van der Waals surface area contributed by atoms with Crippen LogP contribution in [0.25, 0.3) is 0 Å². The van der Waals surface area contributed by atoms with Gasteiger partial charge in [0, 0.05) is 51.4 Å². The van der Waals surface area contributed by atoms with Gasteiger partial charge in [-0.15, -0.1) is 0 Å². The van der Waals surface area contributed by atoms with Gasteiger partial charge in [0.15, 0.2) is 0 Å². The highest BCUT2D eigenvalue weighted by Gasteiger charge is 2.20. The van der Waals surface area contributed by atoms with Crippen molar-refractivity contribution in [3.8, 4) is 0 Å². The Hall–Kier alpha value is -0.160. The zero-order chi connectivity index (χ0) is 10.6. The molecule has 4 nitrogen and oxygen atoms in total. The Morgan fingerprint density at radius 1 is 1.14 bits per heavy atom. The smallest absolute Gasteiger partial charge is 0.0191 e. The minimum Gasteiger partial charge on any atom is -0.329 e. The van der Waals surface area contributed by atoms with Crippen molar-refractivity contribution in [3.63, 3.8) is 0 Å². The third-order valence-electron chi connectivity index (χ3n) is 2.92. The molecular formula is C10H24N4. The molecule has 1 fully saturated rings. The molecule has 2 atom stereocenters. The molecule has 1 heterocycles. The van der Waals surface area contributed by atoms with E-state index in [4.69, 9.17) is 11.5 Å². The van der Waals surface area contributed by atoms with Crippen molar-refractivity contribution in [2.75, 3.05) is 39.3 Å². The maximum atomic E-state index is 5.77. The highest BCUT2D eigenvalue weighted by molar-refractivity contribution is 4.77. The normalized spacial score (nSPS) is 24.9. The van der Waals surface area contributed by atoms with Crippen LogP contribution in [-0.2, 0) is 0 Å². The Labute approximate surface area is 87.2 Å². The molecule has 84 valence electrons. The molecule has 4 N–H and O–H groups in total. The topological polar surface area (TPSA) is 58.5 Å². The van der Waals surface area contributed by atoms with E-state index in [9.17, 15) is 0 Å². The Morgan fingerprint density at radius 3 is 2.14 bits per heavy atom. The summed E-state index contributed by atoms with van der Waals surface area (Å²) in [5, 5.41) is 0. The van der Waals surface area contributed by atoms with Gasteiger partial charge in [-0.3, -0.25) is 9.80 Å². The average molecular weight is 200 g/mol. The van der Waals surface area contributed by atoms with Crippen molar-refractivity contribution >= 4 is 0 Å². The van der Waals surface area contributed by atoms with Crippen LogP contribution < -0.4 is 11.5 Å². The van der Waals surface area contributed by atoms with Gasteiger partial charge in [0.25, 0.3) is 0 Å². The Morgan fingerprint density at radius 2 is 1.71 bits per heavy atom. The summed E-state index contributed by atoms with van der Waals surface area (Å²) in [5.74, 6) is 0. The largest absolute Gasteiger partial charge is 0.329 e. The molecule has 0 spiro atoms. The lowest BCUT2D eigenvalue weighted by Crippen LogP contribution is -2.53. The summed E-state index contributed by atoms with van der Waals surface area (Å²) in [4.78, 5) is 4.89. The third kappa shape index (κ3) is 3.53. The zero-order valence-electron chi connectivity index (χ0n) is 9.45. The summed E-state index contributed by atoms with van der Waals surface area (Å²) in [6.45, 7) is 10.6. The summed E-state index contributed by atoms with van der Waals surface area (Å²) >= 11 is 0. The van der Waals surface area contributed by atoms with Gasteiger partial charge in [-0.05, 0) is 13.8 Å². The van der Waals surface area contributed by atoms with Crippen molar-refractivity contribution in [1.29, 1.82) is 0 Å². The zero-order valence-corrected chi connectivity index (χ0v) is 9.45. The van der Waals surface area contributed by atoms with E-state index in [0.717, 1.165) is 39.3 Å². The average Bonchev–Trinajstić information content (AvgIpc) is 2.17. The van der Waals surface area contributed by atoms with Crippen LogP contribution in [0.4, 0.5) is 0 Å². The number of nitrogens with zero attached hydrogens (tertiary/aromatic N) is 2. The fraction of sp³-hybridized carbons (Fsp3) is 1.00. The predicted molar refractivity (Wildman–Crippen MR) is 60.2 cm³/mol. The van der Waals surface area contributed by atoms with Crippen molar-refractivity contribution in [1.82, 2.24) is 9.80 Å². The first-order chi connectivity index (χ1) is 6.63. The maximum absolute atomic E-state index is 5.77. The molecule has 1 rings (SSSR count). The highest BCUT2D eigenvalue weighted by atomic mass is 15.3. The second kappa shape index (κ2) is 5.66. The van der Waals surface area contributed by atoms with Gasteiger partial charge in [-0.2, -0.15) is 0 Å². The first-order valence-electron chi connectivity index (χ1n) is 5.55. The monoisotopic (exact) mass is 200 g/mol. The molecule has 0 aromatic carbocycles. The predicted octanol–water partition coefficient (Wildman–Crippen LogP) is -0.702. The Kier molecular flexibility index (Phi) is 4.81. The van der Waals surface area contributed by atoms with Crippen LogP contribution in [0.3, 0.4) is 0 Å². The lowest BCUT2D eigenvalue weighted by molar-refractivity contribution is 0.102. The minimum atomic E-state index is 0.286. The molecule has 0 amide bonds. The van der Waals surface area contributed by atoms with Gasteiger partial charge in [-0.25, -0.2) is 0 Å². The van der Waals surface area contributed by atoms with Gasteiger partial charge in [-0.1, -0.05) is 0 Å². The van der Waals surface area contributed by atoms with E-state index in [1.807, 2.05) is 0 Å². The molecule has 2 unspecified atom stereocenters. The molecule has 14 heavy (non-hydrogen) atoms. The molecule has 0 bridgehead atoms. The number of piperazine rings is 1. The van der Waals surface area contributed by atoms with Crippen LogP contribution in [0.15, 0.2) is 0 Å². The van der Waals surface area contributed by atoms with E-state index < -0.39 is 0 Å². The first kappa shape index (κ1) is 11.9. The minimum absolute atomic E-state index is 0.286. The van der Waals surface area contributed by atoms with Gasteiger partial charge >= 0.3 is 0 Å². The molecule has 0 saturated carbocycles. The summed E-state index contributed by atoms with van der Waals surface area (Å²) in [7, 11) is 0. The SMILES string of the molecule is CC(N)CN1CCN(C(C)CN)CC1. The number of rotatable bonds is 4. The summed E-state index contributed by atoms with van der Waals surface area (Å²) < 4.78 is 0. The summed E-state index contributed by atoms with van der Waals surface area (Å²) in [5.41, 5.74) is 11.4. The molecule has 0 aromatic heterocycles. The Balaban J connectivity index is 2.24. The molecule has 1 aliphatic rings. The van der Waals surface area contributed by atoms with Crippen LogP contribution in [0.1, 0.15) is 13.8 Å². The Bertz CT molecular complexity index is 152. The van der Waals surface area contributed by atoms with Crippen molar-refractivity contribution in [2.45, 2.75) is 25.9 Å². The van der Waals surface area contributed by atoms with E-state index in [-0.39, 0.29) is 6.04 Å². The molecule has 0 aliphatic carbocycles.